The molecular weight excluding hydrogens is 310 g/mol. The topological polar surface area (TPSA) is 94.3 Å². The van der Waals surface area contributed by atoms with E-state index in [1.54, 1.807) is 12.1 Å². The van der Waals surface area contributed by atoms with E-state index >= 15 is 0 Å². The van der Waals surface area contributed by atoms with Crippen LogP contribution in [0.15, 0.2) is 36.5 Å². The first-order chi connectivity index (χ1) is 11.9. The molecule has 0 fully saturated rings. The molecule has 2 aromatic carbocycles. The average molecular weight is 329 g/mol. The second-order valence-corrected chi connectivity index (χ2v) is 6.78. The number of aromatic amines is 2. The molecule has 2 aromatic heterocycles. The molecule has 1 atom stereocenters. The highest BCUT2D eigenvalue weighted by Gasteiger charge is 2.31. The van der Waals surface area contributed by atoms with Crippen molar-refractivity contribution >= 4 is 21.9 Å². The number of aryl methyl sites for hydroxylation is 2. The molecule has 5 heteroatoms. The molecule has 1 unspecified atom stereocenters. The van der Waals surface area contributed by atoms with Crippen molar-refractivity contribution in [2.75, 3.05) is 0 Å². The Morgan fingerprint density at radius 1 is 1.16 bits per heavy atom. The van der Waals surface area contributed by atoms with Crippen LogP contribution in [0.2, 0.25) is 0 Å². The largest absolute Gasteiger partial charge is 0.361 e. The lowest BCUT2D eigenvalue weighted by Gasteiger charge is -2.26. The number of nitrogens with zero attached hydrogens (tertiary/aromatic N) is 2. The van der Waals surface area contributed by atoms with E-state index in [0.29, 0.717) is 11.4 Å². The number of hydrogen-bond acceptors (Lipinski definition) is 3. The van der Waals surface area contributed by atoms with Crippen molar-refractivity contribution in [2.24, 2.45) is 5.73 Å². The Hall–Kier alpha value is -3.10. The number of H-pyrrole nitrogens is 2. The summed E-state index contributed by atoms with van der Waals surface area (Å²) in [7, 11) is 0. The summed E-state index contributed by atoms with van der Waals surface area (Å²) in [5.41, 5.74) is 12.7. The zero-order valence-corrected chi connectivity index (χ0v) is 14.4. The van der Waals surface area contributed by atoms with E-state index in [1.165, 1.54) is 5.56 Å². The van der Waals surface area contributed by atoms with Crippen molar-refractivity contribution in [3.8, 4) is 6.07 Å². The molecule has 0 bridgehead atoms. The fourth-order valence-electron chi connectivity index (χ4n) is 3.71. The lowest BCUT2D eigenvalue weighted by Crippen LogP contribution is -2.36. The van der Waals surface area contributed by atoms with Crippen molar-refractivity contribution in [1.82, 2.24) is 15.0 Å². The highest BCUT2D eigenvalue weighted by molar-refractivity contribution is 5.88. The van der Waals surface area contributed by atoms with Gasteiger partial charge in [-0.3, -0.25) is 0 Å². The van der Waals surface area contributed by atoms with Gasteiger partial charge in [-0.25, -0.2) is 4.98 Å². The van der Waals surface area contributed by atoms with Crippen LogP contribution in [0.25, 0.3) is 21.9 Å². The van der Waals surface area contributed by atoms with Gasteiger partial charge in [-0.15, -0.1) is 0 Å². The second-order valence-electron chi connectivity index (χ2n) is 6.78. The van der Waals surface area contributed by atoms with Crippen molar-refractivity contribution in [3.63, 3.8) is 0 Å². The third-order valence-electron chi connectivity index (χ3n) is 4.86. The van der Waals surface area contributed by atoms with Crippen LogP contribution in [-0.4, -0.2) is 15.0 Å². The Bertz CT molecular complexity index is 1150. The predicted molar refractivity (Wildman–Crippen MR) is 99.2 cm³/mol. The number of fused-ring (bicyclic) bond motifs is 2. The van der Waals surface area contributed by atoms with Gasteiger partial charge in [0.1, 0.15) is 5.82 Å². The summed E-state index contributed by atoms with van der Waals surface area (Å²) in [5, 5.41) is 10.2. The van der Waals surface area contributed by atoms with E-state index in [4.69, 9.17) is 11.0 Å². The van der Waals surface area contributed by atoms with E-state index in [2.05, 4.69) is 47.0 Å². The van der Waals surface area contributed by atoms with Gasteiger partial charge in [0, 0.05) is 17.1 Å². The molecule has 0 saturated heterocycles. The minimum Gasteiger partial charge on any atom is -0.361 e. The van der Waals surface area contributed by atoms with Gasteiger partial charge < -0.3 is 15.7 Å². The maximum Gasteiger partial charge on any atom is 0.131 e. The van der Waals surface area contributed by atoms with Crippen LogP contribution < -0.4 is 5.73 Å². The van der Waals surface area contributed by atoms with Crippen molar-refractivity contribution in [3.05, 3.63) is 64.6 Å². The summed E-state index contributed by atoms with van der Waals surface area (Å²) in [5.74, 6) is 0.687. The van der Waals surface area contributed by atoms with Gasteiger partial charge in [0.05, 0.1) is 28.2 Å². The first kappa shape index (κ1) is 15.4. The Balaban J connectivity index is 1.96. The second kappa shape index (κ2) is 5.20. The number of benzene rings is 2. The molecule has 2 heterocycles. The Kier molecular flexibility index (Phi) is 3.21. The molecule has 0 aliphatic heterocycles. The average Bonchev–Trinajstić information content (AvgIpc) is 3.20. The van der Waals surface area contributed by atoms with Crippen molar-refractivity contribution in [2.45, 2.75) is 26.3 Å². The van der Waals surface area contributed by atoms with Gasteiger partial charge in [0.15, 0.2) is 0 Å². The molecule has 5 nitrogen and oxygen atoms in total. The summed E-state index contributed by atoms with van der Waals surface area (Å²) >= 11 is 0. The number of nitrogens with one attached hydrogen (secondary N) is 2. The van der Waals surface area contributed by atoms with Gasteiger partial charge >= 0.3 is 0 Å². The monoisotopic (exact) mass is 329 g/mol. The van der Waals surface area contributed by atoms with Crippen LogP contribution in [0.1, 0.15) is 35.0 Å². The van der Waals surface area contributed by atoms with E-state index in [9.17, 15) is 0 Å². The number of nitrogens with two attached hydrogens (primary N) is 1. The molecule has 0 amide bonds. The highest BCUT2D eigenvalue weighted by atomic mass is 15.0. The molecule has 0 spiro atoms. The van der Waals surface area contributed by atoms with Crippen molar-refractivity contribution < 1.29 is 0 Å². The molecule has 0 saturated carbocycles. The predicted octanol–water partition coefficient (Wildman–Crippen LogP) is 3.75. The van der Waals surface area contributed by atoms with E-state index < -0.39 is 5.54 Å². The fourth-order valence-corrected chi connectivity index (χ4v) is 3.71. The molecule has 4 N–H and O–H groups in total. The number of imidazole rings is 1. The lowest BCUT2D eigenvalue weighted by molar-refractivity contribution is 0.569. The normalized spacial score (nSPS) is 13.9. The molecule has 124 valence electrons. The zero-order chi connectivity index (χ0) is 17.8. The third kappa shape index (κ3) is 2.23. The zero-order valence-electron chi connectivity index (χ0n) is 14.4. The van der Waals surface area contributed by atoms with Crippen LogP contribution in [0, 0.1) is 25.2 Å². The summed E-state index contributed by atoms with van der Waals surface area (Å²) in [6.07, 6.45) is 1.94. The van der Waals surface area contributed by atoms with Crippen LogP contribution in [0.4, 0.5) is 0 Å². The molecule has 4 rings (SSSR count). The first-order valence-corrected chi connectivity index (χ1v) is 8.19. The van der Waals surface area contributed by atoms with Crippen LogP contribution in [-0.2, 0) is 5.54 Å². The van der Waals surface area contributed by atoms with E-state index in [0.717, 1.165) is 33.1 Å². The molecule has 25 heavy (non-hydrogen) atoms. The molecule has 0 radical (unpaired) electrons. The van der Waals surface area contributed by atoms with Crippen LogP contribution in [0.5, 0.6) is 0 Å². The summed E-state index contributed by atoms with van der Waals surface area (Å²) in [6.45, 7) is 6.14. The Morgan fingerprint density at radius 2 is 1.96 bits per heavy atom. The molecule has 0 aliphatic carbocycles. The van der Waals surface area contributed by atoms with Gasteiger partial charge in [-0.2, -0.15) is 5.26 Å². The Labute approximate surface area is 145 Å². The SMILES string of the molecule is Cc1cc(C)c2[nH]ccc2c1C(C)(N)c1nc2cc(C#N)ccc2[nH]1. The van der Waals surface area contributed by atoms with Gasteiger partial charge in [-0.1, -0.05) is 6.07 Å². The quantitative estimate of drug-likeness (QED) is 0.522. The number of nitriles is 1. The maximum absolute atomic E-state index is 9.08. The minimum absolute atomic E-state index is 0.587. The van der Waals surface area contributed by atoms with Gasteiger partial charge in [0.25, 0.3) is 0 Å². The molecule has 4 aromatic rings. The first-order valence-electron chi connectivity index (χ1n) is 8.19. The summed E-state index contributed by atoms with van der Waals surface area (Å²) in [6, 6.07) is 11.8. The third-order valence-corrected chi connectivity index (χ3v) is 4.86. The van der Waals surface area contributed by atoms with E-state index in [1.807, 2.05) is 19.2 Å². The molecular formula is C20H19N5. The number of aromatic nitrogens is 3. The fraction of sp³-hybridized carbons (Fsp3) is 0.200. The maximum atomic E-state index is 9.08. The van der Waals surface area contributed by atoms with Crippen LogP contribution >= 0.6 is 0 Å². The van der Waals surface area contributed by atoms with Crippen molar-refractivity contribution in [1.29, 1.82) is 5.26 Å². The van der Waals surface area contributed by atoms with Crippen LogP contribution in [0.3, 0.4) is 0 Å². The highest BCUT2D eigenvalue weighted by Crippen LogP contribution is 2.35. The van der Waals surface area contributed by atoms with Gasteiger partial charge in [0.2, 0.25) is 0 Å². The van der Waals surface area contributed by atoms with E-state index in [-0.39, 0.29) is 0 Å². The smallest absolute Gasteiger partial charge is 0.131 e. The standard InChI is InChI=1S/C20H19N5/c1-11-8-12(2)18-14(6-7-23-18)17(11)20(3,22)19-24-15-5-4-13(10-21)9-16(15)25-19/h4-9,23H,22H2,1-3H3,(H,24,25). The van der Waals surface area contributed by atoms with Gasteiger partial charge in [-0.05, 0) is 61.7 Å². The Morgan fingerprint density at radius 3 is 2.72 bits per heavy atom. The minimum atomic E-state index is -0.788. The molecule has 0 aliphatic rings. The summed E-state index contributed by atoms with van der Waals surface area (Å²) in [4.78, 5) is 11.3. The number of rotatable bonds is 2. The lowest BCUT2D eigenvalue weighted by atomic mass is 9.85. The summed E-state index contributed by atoms with van der Waals surface area (Å²) < 4.78 is 0. The number of hydrogen-bond donors (Lipinski definition) is 3.